The molecule has 0 saturated carbocycles. The molecule has 0 fully saturated rings. The Morgan fingerprint density at radius 3 is 2.76 bits per heavy atom. The number of fused-ring (bicyclic) bond motifs is 1. The first kappa shape index (κ1) is 17.4. The first-order chi connectivity index (χ1) is 11.9. The van der Waals surface area contributed by atoms with Crippen LogP contribution in [-0.2, 0) is 11.4 Å². The zero-order chi connectivity index (χ0) is 18.1. The van der Waals surface area contributed by atoms with E-state index in [1.54, 1.807) is 24.5 Å². The van der Waals surface area contributed by atoms with E-state index in [2.05, 4.69) is 9.97 Å². The second-order valence-corrected chi connectivity index (χ2v) is 7.09. The van der Waals surface area contributed by atoms with Gasteiger partial charge in [-0.2, -0.15) is 0 Å². The van der Waals surface area contributed by atoms with Crippen LogP contribution in [0.5, 0.6) is 5.75 Å². The van der Waals surface area contributed by atoms with E-state index in [-0.39, 0.29) is 0 Å². The molecule has 6 heteroatoms. The summed E-state index contributed by atoms with van der Waals surface area (Å²) in [5.74, 6) is 0.180. The van der Waals surface area contributed by atoms with Gasteiger partial charge in [0.15, 0.2) is 0 Å². The summed E-state index contributed by atoms with van der Waals surface area (Å²) in [7, 11) is 0. The number of carbonyl (C=O) groups is 1. The average Bonchev–Trinajstić information content (AvgIpc) is 2.97. The Bertz CT molecular complexity index is 949. The van der Waals surface area contributed by atoms with E-state index in [1.165, 1.54) is 0 Å². The number of rotatable bonds is 5. The van der Waals surface area contributed by atoms with Gasteiger partial charge in [0.1, 0.15) is 18.2 Å². The molecule has 0 amide bonds. The van der Waals surface area contributed by atoms with Gasteiger partial charge in [-0.25, -0.2) is 9.97 Å². The van der Waals surface area contributed by atoms with Crippen molar-refractivity contribution in [3.63, 3.8) is 0 Å². The van der Waals surface area contributed by atoms with Crippen molar-refractivity contribution in [2.45, 2.75) is 40.2 Å². The lowest BCUT2D eigenvalue weighted by Gasteiger charge is -2.11. The first-order valence-electron chi connectivity index (χ1n) is 8.03. The lowest BCUT2D eigenvalue weighted by molar-refractivity contribution is -0.138. The van der Waals surface area contributed by atoms with Gasteiger partial charge in [-0.05, 0) is 61.7 Å². The SMILES string of the molecule is Cc1ncc(COc2cc(C)c3c(C(C)C(=O)O)csc3c2)c(C)n1. The number of aryl methyl sites for hydroxylation is 3. The molecule has 1 N–H and O–H groups in total. The van der Waals surface area contributed by atoms with Crippen molar-refractivity contribution in [2.24, 2.45) is 0 Å². The summed E-state index contributed by atoms with van der Waals surface area (Å²) in [6.45, 7) is 7.91. The minimum absolute atomic E-state index is 0.404. The van der Waals surface area contributed by atoms with Crippen LogP contribution in [0.4, 0.5) is 0 Å². The highest BCUT2D eigenvalue weighted by molar-refractivity contribution is 7.17. The highest BCUT2D eigenvalue weighted by Crippen LogP contribution is 2.36. The fourth-order valence-corrected chi connectivity index (χ4v) is 3.97. The van der Waals surface area contributed by atoms with Crippen LogP contribution < -0.4 is 4.74 Å². The molecule has 0 spiro atoms. The molecule has 0 aliphatic carbocycles. The fourth-order valence-electron chi connectivity index (χ4n) is 2.82. The second kappa shape index (κ2) is 6.80. The van der Waals surface area contributed by atoms with Crippen molar-refractivity contribution >= 4 is 27.4 Å². The van der Waals surface area contributed by atoms with E-state index >= 15 is 0 Å². The number of carboxylic acids is 1. The summed E-state index contributed by atoms with van der Waals surface area (Å²) >= 11 is 1.55. The Morgan fingerprint density at radius 2 is 2.08 bits per heavy atom. The predicted octanol–water partition coefficient (Wildman–Crippen LogP) is 4.38. The summed E-state index contributed by atoms with van der Waals surface area (Å²) in [6, 6.07) is 3.92. The molecule has 3 rings (SSSR count). The van der Waals surface area contributed by atoms with Gasteiger partial charge in [0, 0.05) is 22.2 Å². The third-order valence-electron chi connectivity index (χ3n) is 4.31. The maximum Gasteiger partial charge on any atom is 0.310 e. The maximum absolute atomic E-state index is 11.3. The van der Waals surface area contributed by atoms with Gasteiger partial charge in [0.05, 0.1) is 5.92 Å². The molecule has 3 aromatic rings. The van der Waals surface area contributed by atoms with Crippen LogP contribution in [0, 0.1) is 20.8 Å². The van der Waals surface area contributed by atoms with E-state index in [1.807, 2.05) is 38.3 Å². The third-order valence-corrected chi connectivity index (χ3v) is 5.25. The van der Waals surface area contributed by atoms with Crippen LogP contribution in [0.2, 0.25) is 0 Å². The number of aliphatic carboxylic acids is 1. The highest BCUT2D eigenvalue weighted by Gasteiger charge is 2.19. The summed E-state index contributed by atoms with van der Waals surface area (Å²) in [5.41, 5.74) is 3.75. The molecule has 130 valence electrons. The number of thiophene rings is 1. The normalized spacial score (nSPS) is 12.3. The van der Waals surface area contributed by atoms with Crippen molar-refractivity contribution in [1.29, 1.82) is 0 Å². The monoisotopic (exact) mass is 356 g/mol. The lowest BCUT2D eigenvalue weighted by atomic mass is 9.98. The lowest BCUT2D eigenvalue weighted by Crippen LogP contribution is -2.07. The van der Waals surface area contributed by atoms with Gasteiger partial charge in [-0.1, -0.05) is 0 Å². The van der Waals surface area contributed by atoms with Gasteiger partial charge in [-0.3, -0.25) is 4.79 Å². The molecule has 0 radical (unpaired) electrons. The van der Waals surface area contributed by atoms with Gasteiger partial charge < -0.3 is 9.84 Å². The van der Waals surface area contributed by atoms with Gasteiger partial charge in [0.2, 0.25) is 0 Å². The molecular formula is C19H20N2O3S. The number of hydrogen-bond acceptors (Lipinski definition) is 5. The second-order valence-electron chi connectivity index (χ2n) is 6.18. The summed E-state index contributed by atoms with van der Waals surface area (Å²) in [5, 5.41) is 12.2. The Labute approximate surface area is 150 Å². The van der Waals surface area contributed by atoms with E-state index < -0.39 is 11.9 Å². The van der Waals surface area contributed by atoms with Gasteiger partial charge in [0.25, 0.3) is 0 Å². The minimum atomic E-state index is -0.811. The molecule has 0 saturated heterocycles. The molecule has 0 aliphatic rings. The molecule has 0 bridgehead atoms. The minimum Gasteiger partial charge on any atom is -0.489 e. The number of aromatic nitrogens is 2. The number of nitrogens with zero attached hydrogens (tertiary/aromatic N) is 2. The summed E-state index contributed by atoms with van der Waals surface area (Å²) < 4.78 is 6.97. The van der Waals surface area contributed by atoms with Crippen LogP contribution in [0.25, 0.3) is 10.1 Å². The topological polar surface area (TPSA) is 72.3 Å². The Morgan fingerprint density at radius 1 is 1.32 bits per heavy atom. The van der Waals surface area contributed by atoms with Crippen LogP contribution in [0.15, 0.2) is 23.7 Å². The molecule has 1 aromatic carbocycles. The quantitative estimate of drug-likeness (QED) is 0.734. The van der Waals surface area contributed by atoms with E-state index in [9.17, 15) is 9.90 Å². The Kier molecular flexibility index (Phi) is 4.72. The van der Waals surface area contributed by atoms with E-state index in [4.69, 9.17) is 4.74 Å². The van der Waals surface area contributed by atoms with Gasteiger partial charge in [-0.15, -0.1) is 11.3 Å². The number of ether oxygens (including phenoxy) is 1. The Hall–Kier alpha value is -2.47. The fraction of sp³-hybridized carbons (Fsp3) is 0.316. The van der Waals surface area contributed by atoms with Crippen LogP contribution in [-0.4, -0.2) is 21.0 Å². The third kappa shape index (κ3) is 3.49. The predicted molar refractivity (Wildman–Crippen MR) is 98.5 cm³/mol. The molecule has 1 atom stereocenters. The smallest absolute Gasteiger partial charge is 0.310 e. The Balaban J connectivity index is 1.87. The molecule has 2 heterocycles. The molecule has 25 heavy (non-hydrogen) atoms. The molecule has 5 nitrogen and oxygen atoms in total. The average molecular weight is 356 g/mol. The standard InChI is InChI=1S/C19H20N2O3S/c1-10-5-15(24-8-14-7-20-13(4)21-12(14)3)6-17-18(10)16(9-25-17)11(2)19(22)23/h5-7,9,11H,8H2,1-4H3,(H,22,23). The van der Waals surface area contributed by atoms with Crippen molar-refractivity contribution < 1.29 is 14.6 Å². The number of hydrogen-bond donors (Lipinski definition) is 1. The van der Waals surface area contributed by atoms with E-state index in [0.29, 0.717) is 6.61 Å². The highest BCUT2D eigenvalue weighted by atomic mass is 32.1. The van der Waals surface area contributed by atoms with Crippen LogP contribution in [0.1, 0.15) is 41.1 Å². The van der Waals surface area contributed by atoms with E-state index in [0.717, 1.165) is 44.0 Å². The van der Waals surface area contributed by atoms with Crippen LogP contribution in [0.3, 0.4) is 0 Å². The molecule has 1 unspecified atom stereocenters. The van der Waals surface area contributed by atoms with Crippen molar-refractivity contribution in [3.8, 4) is 5.75 Å². The van der Waals surface area contributed by atoms with Gasteiger partial charge >= 0.3 is 5.97 Å². The summed E-state index contributed by atoms with van der Waals surface area (Å²) in [4.78, 5) is 19.9. The van der Waals surface area contributed by atoms with Crippen LogP contribution >= 0.6 is 11.3 Å². The molecular weight excluding hydrogens is 336 g/mol. The zero-order valence-electron chi connectivity index (χ0n) is 14.7. The van der Waals surface area contributed by atoms with Crippen molar-refractivity contribution in [2.75, 3.05) is 0 Å². The molecule has 0 aliphatic heterocycles. The first-order valence-corrected chi connectivity index (χ1v) is 8.91. The maximum atomic E-state index is 11.3. The van der Waals surface area contributed by atoms with Crippen molar-refractivity contribution in [3.05, 3.63) is 51.9 Å². The largest absolute Gasteiger partial charge is 0.489 e. The number of carboxylic acid groups (broad SMARTS) is 1. The zero-order valence-corrected chi connectivity index (χ0v) is 15.5. The molecule has 2 aromatic heterocycles. The summed E-state index contributed by atoms with van der Waals surface area (Å²) in [6.07, 6.45) is 1.79. The number of benzene rings is 1. The van der Waals surface area contributed by atoms with Crippen molar-refractivity contribution in [1.82, 2.24) is 9.97 Å².